The summed E-state index contributed by atoms with van der Waals surface area (Å²) in [5.74, 6) is 0.762. The summed E-state index contributed by atoms with van der Waals surface area (Å²) in [6.45, 7) is 2.75. The van der Waals surface area contributed by atoms with Gasteiger partial charge < -0.3 is 10.6 Å². The van der Waals surface area contributed by atoms with E-state index in [2.05, 4.69) is 32.7 Å². The van der Waals surface area contributed by atoms with Crippen molar-refractivity contribution in [3.8, 4) is 0 Å². The highest BCUT2D eigenvalue weighted by Gasteiger charge is 2.02. The van der Waals surface area contributed by atoms with Gasteiger partial charge >= 0.3 is 0 Å². The number of nitrogens with zero attached hydrogens (tertiary/aromatic N) is 3. The lowest BCUT2D eigenvalue weighted by atomic mass is 10.5. The van der Waals surface area contributed by atoms with E-state index in [1.807, 2.05) is 7.05 Å². The lowest BCUT2D eigenvalue weighted by Crippen LogP contribution is -2.34. The molecule has 1 rings (SSSR count). The van der Waals surface area contributed by atoms with Crippen LogP contribution in [0, 0.1) is 0 Å². The smallest absolute Gasteiger partial charge is 0.191 e. The first-order valence-corrected chi connectivity index (χ1v) is 5.31. The van der Waals surface area contributed by atoms with Crippen molar-refractivity contribution in [3.63, 3.8) is 0 Å². The van der Waals surface area contributed by atoms with E-state index in [0.29, 0.717) is 6.54 Å². The van der Waals surface area contributed by atoms with Gasteiger partial charge in [0.05, 0.1) is 6.54 Å². The van der Waals surface area contributed by atoms with E-state index in [1.54, 1.807) is 18.4 Å². The second-order valence-corrected chi connectivity index (χ2v) is 3.77. The van der Waals surface area contributed by atoms with Crippen molar-refractivity contribution in [1.82, 2.24) is 20.8 Å². The molecule has 0 saturated heterocycles. The fourth-order valence-electron chi connectivity index (χ4n) is 0.941. The van der Waals surface area contributed by atoms with Crippen LogP contribution in [0.3, 0.4) is 0 Å². The molecular weight excluding hydrogens is 325 g/mol. The molecule has 0 radical (unpaired) electrons. The molecular formula is C8H16IN5S. The summed E-state index contributed by atoms with van der Waals surface area (Å²) in [6, 6.07) is 0. The molecule has 0 amide bonds. The Kier molecular flexibility index (Phi) is 7.57. The summed E-state index contributed by atoms with van der Waals surface area (Å²) in [7, 11) is 3.56. The summed E-state index contributed by atoms with van der Waals surface area (Å²) < 4.78 is 0. The molecule has 86 valence electrons. The zero-order valence-corrected chi connectivity index (χ0v) is 12.2. The number of halogens is 1. The second kappa shape index (κ2) is 7.80. The highest BCUT2D eigenvalue weighted by molar-refractivity contribution is 14.0. The summed E-state index contributed by atoms with van der Waals surface area (Å²) in [4.78, 5) is 4.00. The zero-order chi connectivity index (χ0) is 10.4. The predicted molar refractivity (Wildman–Crippen MR) is 74.0 cm³/mol. The molecule has 0 fully saturated rings. The number of aryl methyl sites for hydroxylation is 1. The van der Waals surface area contributed by atoms with Crippen LogP contribution < -0.4 is 10.6 Å². The van der Waals surface area contributed by atoms with Gasteiger partial charge in [0, 0.05) is 14.1 Å². The molecule has 0 atom stereocenters. The van der Waals surface area contributed by atoms with Crippen molar-refractivity contribution in [3.05, 3.63) is 10.0 Å². The predicted octanol–water partition coefficient (Wildman–Crippen LogP) is 1.01. The second-order valence-electron chi connectivity index (χ2n) is 2.62. The third-order valence-electron chi connectivity index (χ3n) is 1.68. The van der Waals surface area contributed by atoms with Gasteiger partial charge in [-0.3, -0.25) is 4.99 Å². The Bertz CT molecular complexity index is 312. The first kappa shape index (κ1) is 14.6. The van der Waals surface area contributed by atoms with Gasteiger partial charge in [-0.05, 0) is 6.42 Å². The van der Waals surface area contributed by atoms with Gasteiger partial charge in [0.1, 0.15) is 10.0 Å². The van der Waals surface area contributed by atoms with Crippen molar-refractivity contribution in [2.24, 2.45) is 4.99 Å². The van der Waals surface area contributed by atoms with Gasteiger partial charge in [0.2, 0.25) is 0 Å². The molecule has 7 heteroatoms. The number of hydrogen-bond acceptors (Lipinski definition) is 4. The molecule has 0 aliphatic heterocycles. The minimum absolute atomic E-state index is 0. The maximum atomic E-state index is 4.05. The molecule has 0 aliphatic carbocycles. The maximum absolute atomic E-state index is 4.05. The molecule has 0 bridgehead atoms. The van der Waals surface area contributed by atoms with Crippen molar-refractivity contribution in [2.75, 3.05) is 14.1 Å². The summed E-state index contributed by atoms with van der Waals surface area (Å²) in [6.07, 6.45) is 0.943. The van der Waals surface area contributed by atoms with Crippen molar-refractivity contribution in [1.29, 1.82) is 0 Å². The van der Waals surface area contributed by atoms with Crippen LogP contribution in [0.4, 0.5) is 0 Å². The standard InChI is InChI=1S/C8H15N5S.HI/c1-4-6-12-13-7(14-6)5-11-8(9-2)10-3;/h4-5H2,1-3H3,(H2,9,10,11);1H. The van der Waals surface area contributed by atoms with Crippen LogP contribution in [-0.2, 0) is 13.0 Å². The lowest BCUT2D eigenvalue weighted by molar-refractivity contribution is 0.832. The Morgan fingerprint density at radius 2 is 2.07 bits per heavy atom. The third-order valence-corrected chi connectivity index (χ3v) is 2.75. The van der Waals surface area contributed by atoms with Gasteiger partial charge in [0.25, 0.3) is 0 Å². The van der Waals surface area contributed by atoms with E-state index in [-0.39, 0.29) is 24.0 Å². The number of nitrogens with one attached hydrogen (secondary N) is 2. The lowest BCUT2D eigenvalue weighted by Gasteiger charge is -2.05. The summed E-state index contributed by atoms with van der Waals surface area (Å²) in [5.41, 5.74) is 0. The molecule has 0 unspecified atom stereocenters. The van der Waals surface area contributed by atoms with Crippen molar-refractivity contribution < 1.29 is 0 Å². The van der Waals surface area contributed by atoms with Crippen LogP contribution >= 0.6 is 35.3 Å². The molecule has 2 N–H and O–H groups in total. The van der Waals surface area contributed by atoms with Crippen LogP contribution in [0.1, 0.15) is 16.9 Å². The Morgan fingerprint density at radius 3 is 2.53 bits per heavy atom. The normalized spacial score (nSPS) is 10.7. The van der Waals surface area contributed by atoms with E-state index >= 15 is 0 Å². The van der Waals surface area contributed by atoms with Crippen LogP contribution in [-0.4, -0.2) is 30.3 Å². The first-order chi connectivity index (χ1) is 6.80. The topological polar surface area (TPSA) is 62.2 Å². The average molecular weight is 341 g/mol. The fourth-order valence-corrected chi connectivity index (χ4v) is 1.67. The summed E-state index contributed by atoms with van der Waals surface area (Å²) in [5, 5.41) is 16.2. The minimum atomic E-state index is 0. The molecule has 1 aromatic heterocycles. The fraction of sp³-hybridized carbons (Fsp3) is 0.625. The molecule has 1 aromatic rings. The number of guanidine groups is 1. The van der Waals surface area contributed by atoms with Gasteiger partial charge in [-0.25, -0.2) is 0 Å². The van der Waals surface area contributed by atoms with Crippen LogP contribution in [0.15, 0.2) is 4.99 Å². The molecule has 0 saturated carbocycles. The van der Waals surface area contributed by atoms with Gasteiger partial charge in [-0.1, -0.05) is 18.3 Å². The molecule has 5 nitrogen and oxygen atoms in total. The molecule has 0 aliphatic rings. The molecule has 0 spiro atoms. The van der Waals surface area contributed by atoms with E-state index in [9.17, 15) is 0 Å². The van der Waals surface area contributed by atoms with Gasteiger partial charge in [-0.2, -0.15) is 0 Å². The Labute approximate surface area is 111 Å². The van der Waals surface area contributed by atoms with E-state index in [1.165, 1.54) is 0 Å². The zero-order valence-electron chi connectivity index (χ0n) is 9.07. The third kappa shape index (κ3) is 4.74. The molecule has 1 heterocycles. The SMILES string of the molecule is CCc1nnc(CNC(=NC)NC)s1.I. The Morgan fingerprint density at radius 1 is 1.40 bits per heavy atom. The largest absolute Gasteiger partial charge is 0.359 e. The van der Waals surface area contributed by atoms with Crippen LogP contribution in [0.25, 0.3) is 0 Å². The van der Waals surface area contributed by atoms with Crippen molar-refractivity contribution >= 4 is 41.3 Å². The first-order valence-electron chi connectivity index (χ1n) is 4.49. The number of aromatic nitrogens is 2. The van der Waals surface area contributed by atoms with E-state index in [4.69, 9.17) is 0 Å². The van der Waals surface area contributed by atoms with Gasteiger partial charge in [-0.15, -0.1) is 34.2 Å². The van der Waals surface area contributed by atoms with Crippen molar-refractivity contribution in [2.45, 2.75) is 19.9 Å². The van der Waals surface area contributed by atoms with Gasteiger partial charge in [0.15, 0.2) is 5.96 Å². The Balaban J connectivity index is 0.00000196. The van der Waals surface area contributed by atoms with Crippen LogP contribution in [0.5, 0.6) is 0 Å². The number of rotatable bonds is 3. The Hall–Kier alpha value is -0.440. The average Bonchev–Trinajstić information content (AvgIpc) is 2.67. The highest BCUT2D eigenvalue weighted by Crippen LogP contribution is 2.09. The monoisotopic (exact) mass is 341 g/mol. The van der Waals surface area contributed by atoms with Crippen LogP contribution in [0.2, 0.25) is 0 Å². The summed E-state index contributed by atoms with van der Waals surface area (Å²) >= 11 is 1.63. The number of aliphatic imine (C=N–C) groups is 1. The highest BCUT2D eigenvalue weighted by atomic mass is 127. The van der Waals surface area contributed by atoms with E-state index < -0.39 is 0 Å². The quantitative estimate of drug-likeness (QED) is 0.490. The molecule has 0 aromatic carbocycles. The maximum Gasteiger partial charge on any atom is 0.191 e. The van der Waals surface area contributed by atoms with E-state index in [0.717, 1.165) is 22.4 Å². The minimum Gasteiger partial charge on any atom is -0.359 e. The number of hydrogen-bond donors (Lipinski definition) is 2. The molecule has 15 heavy (non-hydrogen) atoms.